The SMILES string of the molecule is O=C(/C=C/c1ccc(SC(F)(F)F)cc1)NC1CCN(C(=O)Nc2ccccc2)CC1. The molecule has 3 rings (SSSR count). The van der Waals surface area contributed by atoms with Crippen LogP contribution in [0.4, 0.5) is 23.7 Å². The summed E-state index contributed by atoms with van der Waals surface area (Å²) in [5, 5.41) is 5.75. The first-order chi connectivity index (χ1) is 14.8. The largest absolute Gasteiger partial charge is 0.446 e. The molecule has 3 amide bonds. The number of alkyl halides is 3. The van der Waals surface area contributed by atoms with Crippen LogP contribution in [0.3, 0.4) is 0 Å². The monoisotopic (exact) mass is 449 g/mol. The second-order valence-electron chi connectivity index (χ2n) is 7.02. The predicted molar refractivity (Wildman–Crippen MR) is 116 cm³/mol. The summed E-state index contributed by atoms with van der Waals surface area (Å²) in [7, 11) is 0. The van der Waals surface area contributed by atoms with Gasteiger partial charge in [0, 0.05) is 35.8 Å². The first-order valence-electron chi connectivity index (χ1n) is 9.74. The van der Waals surface area contributed by atoms with Crippen LogP contribution < -0.4 is 10.6 Å². The summed E-state index contributed by atoms with van der Waals surface area (Å²) in [5.74, 6) is -0.277. The molecule has 0 spiro atoms. The Kier molecular flexibility index (Phi) is 7.62. The van der Waals surface area contributed by atoms with Crippen LogP contribution in [0, 0.1) is 0 Å². The van der Waals surface area contributed by atoms with Gasteiger partial charge in [-0.05, 0) is 60.5 Å². The maximum Gasteiger partial charge on any atom is 0.446 e. The molecule has 1 aliphatic rings. The third-order valence-electron chi connectivity index (χ3n) is 4.69. The maximum atomic E-state index is 12.4. The van der Waals surface area contributed by atoms with Crippen molar-refractivity contribution in [3.05, 3.63) is 66.2 Å². The number of halogens is 3. The number of para-hydroxylation sites is 1. The lowest BCUT2D eigenvalue weighted by molar-refractivity contribution is -0.117. The van der Waals surface area contributed by atoms with Crippen molar-refractivity contribution in [1.29, 1.82) is 0 Å². The molecular weight excluding hydrogens is 427 g/mol. The minimum absolute atomic E-state index is 0.0384. The van der Waals surface area contributed by atoms with Gasteiger partial charge in [-0.25, -0.2) is 4.79 Å². The molecule has 0 radical (unpaired) electrons. The van der Waals surface area contributed by atoms with Gasteiger partial charge in [0.05, 0.1) is 0 Å². The van der Waals surface area contributed by atoms with Crippen molar-refractivity contribution in [2.24, 2.45) is 0 Å². The summed E-state index contributed by atoms with van der Waals surface area (Å²) >= 11 is -0.176. The minimum Gasteiger partial charge on any atom is -0.350 e. The van der Waals surface area contributed by atoms with Crippen LogP contribution >= 0.6 is 11.8 Å². The maximum absolute atomic E-state index is 12.4. The van der Waals surface area contributed by atoms with Crippen LogP contribution in [0.15, 0.2) is 65.6 Å². The van der Waals surface area contributed by atoms with E-state index in [2.05, 4.69) is 10.6 Å². The molecule has 1 aliphatic heterocycles. The highest BCUT2D eigenvalue weighted by atomic mass is 32.2. The number of hydrogen-bond acceptors (Lipinski definition) is 3. The van der Waals surface area contributed by atoms with E-state index in [4.69, 9.17) is 0 Å². The molecule has 5 nitrogen and oxygen atoms in total. The van der Waals surface area contributed by atoms with Crippen molar-refractivity contribution in [1.82, 2.24) is 10.2 Å². The molecule has 164 valence electrons. The van der Waals surface area contributed by atoms with E-state index in [0.717, 1.165) is 5.69 Å². The van der Waals surface area contributed by atoms with Crippen LogP contribution in [0.2, 0.25) is 0 Å². The molecule has 0 aliphatic carbocycles. The highest BCUT2D eigenvalue weighted by Gasteiger charge is 2.29. The minimum atomic E-state index is -4.32. The number of hydrogen-bond donors (Lipinski definition) is 2. The smallest absolute Gasteiger partial charge is 0.350 e. The fourth-order valence-electron chi connectivity index (χ4n) is 3.15. The van der Waals surface area contributed by atoms with Gasteiger partial charge in [0.25, 0.3) is 0 Å². The van der Waals surface area contributed by atoms with Crippen molar-refractivity contribution in [3.8, 4) is 0 Å². The number of piperidine rings is 1. The van der Waals surface area contributed by atoms with Gasteiger partial charge in [-0.3, -0.25) is 4.79 Å². The molecule has 0 atom stereocenters. The number of urea groups is 1. The van der Waals surface area contributed by atoms with Crippen molar-refractivity contribution >= 4 is 35.5 Å². The Labute approximate surface area is 182 Å². The van der Waals surface area contributed by atoms with Crippen molar-refractivity contribution in [2.75, 3.05) is 18.4 Å². The molecule has 0 aromatic heterocycles. The second-order valence-corrected chi connectivity index (χ2v) is 8.15. The highest BCUT2D eigenvalue weighted by molar-refractivity contribution is 8.00. The van der Waals surface area contributed by atoms with Gasteiger partial charge >= 0.3 is 11.5 Å². The number of anilines is 1. The number of likely N-dealkylation sites (tertiary alicyclic amines) is 1. The average Bonchev–Trinajstić information content (AvgIpc) is 2.73. The standard InChI is InChI=1S/C22H22F3N3O2S/c23-22(24,25)31-19-9-6-16(7-10-19)8-11-20(29)26-18-12-14-28(15-13-18)21(30)27-17-4-2-1-3-5-17/h1-11,18H,12-15H2,(H,26,29)(H,27,30)/b11-8+. The summed E-state index contributed by atoms with van der Waals surface area (Å²) in [5.41, 5.74) is -2.96. The van der Waals surface area contributed by atoms with Gasteiger partial charge < -0.3 is 15.5 Å². The zero-order valence-corrected chi connectivity index (χ0v) is 17.4. The van der Waals surface area contributed by atoms with Crippen molar-refractivity contribution in [2.45, 2.75) is 29.3 Å². The van der Waals surface area contributed by atoms with Crippen molar-refractivity contribution < 1.29 is 22.8 Å². The van der Waals surface area contributed by atoms with Crippen LogP contribution in [-0.2, 0) is 4.79 Å². The van der Waals surface area contributed by atoms with Crippen LogP contribution in [0.1, 0.15) is 18.4 Å². The average molecular weight is 449 g/mol. The topological polar surface area (TPSA) is 61.4 Å². The van der Waals surface area contributed by atoms with Crippen LogP contribution in [-0.4, -0.2) is 41.5 Å². The fraction of sp³-hybridized carbons (Fsp3) is 0.273. The van der Waals surface area contributed by atoms with E-state index in [1.165, 1.54) is 30.3 Å². The van der Waals surface area contributed by atoms with E-state index >= 15 is 0 Å². The van der Waals surface area contributed by atoms with Crippen molar-refractivity contribution in [3.63, 3.8) is 0 Å². The first kappa shape index (κ1) is 22.7. The second kappa shape index (κ2) is 10.4. The van der Waals surface area contributed by atoms with Gasteiger partial charge in [0.15, 0.2) is 0 Å². The number of nitrogens with one attached hydrogen (secondary N) is 2. The Balaban J connectivity index is 1.42. The van der Waals surface area contributed by atoms with E-state index in [0.29, 0.717) is 31.5 Å². The number of rotatable bonds is 5. The molecular formula is C22H22F3N3O2S. The number of carbonyl (C=O) groups excluding carboxylic acids is 2. The summed E-state index contributed by atoms with van der Waals surface area (Å²) in [4.78, 5) is 26.3. The molecule has 0 unspecified atom stereocenters. The molecule has 2 aromatic rings. The normalized spacial score (nSPS) is 15.1. The summed E-state index contributed by atoms with van der Waals surface area (Å²) in [6, 6.07) is 14.8. The fourth-order valence-corrected chi connectivity index (χ4v) is 3.69. The lowest BCUT2D eigenvalue weighted by atomic mass is 10.1. The molecule has 9 heteroatoms. The number of carbonyl (C=O) groups is 2. The molecule has 1 fully saturated rings. The van der Waals surface area contributed by atoms with Gasteiger partial charge in [0.1, 0.15) is 0 Å². The Morgan fingerprint density at radius 2 is 1.65 bits per heavy atom. The lowest BCUT2D eigenvalue weighted by Gasteiger charge is -2.32. The molecule has 2 aromatic carbocycles. The lowest BCUT2D eigenvalue weighted by Crippen LogP contribution is -2.47. The van der Waals surface area contributed by atoms with Gasteiger partial charge in [0.2, 0.25) is 5.91 Å². The van der Waals surface area contributed by atoms with E-state index in [-0.39, 0.29) is 34.6 Å². The Morgan fingerprint density at radius 3 is 2.26 bits per heavy atom. The number of benzene rings is 2. The van der Waals surface area contributed by atoms with Crippen LogP contribution in [0.5, 0.6) is 0 Å². The molecule has 1 saturated heterocycles. The van der Waals surface area contributed by atoms with E-state index in [1.54, 1.807) is 11.0 Å². The third-order valence-corrected chi connectivity index (χ3v) is 5.43. The highest BCUT2D eigenvalue weighted by Crippen LogP contribution is 2.36. The van der Waals surface area contributed by atoms with Gasteiger partial charge in [-0.15, -0.1) is 0 Å². The molecule has 0 bridgehead atoms. The summed E-state index contributed by atoms with van der Waals surface area (Å²) in [6.07, 6.45) is 4.20. The predicted octanol–water partition coefficient (Wildman–Crippen LogP) is 5.12. The van der Waals surface area contributed by atoms with Crippen LogP contribution in [0.25, 0.3) is 6.08 Å². The quantitative estimate of drug-likeness (QED) is 0.492. The van der Waals surface area contributed by atoms with E-state index in [1.807, 2.05) is 30.3 Å². The zero-order chi connectivity index (χ0) is 22.3. The van der Waals surface area contributed by atoms with Gasteiger partial charge in [-0.1, -0.05) is 30.3 Å². The third kappa shape index (κ3) is 7.67. The zero-order valence-electron chi connectivity index (χ0n) is 16.6. The molecule has 31 heavy (non-hydrogen) atoms. The Hall–Kier alpha value is -2.94. The summed E-state index contributed by atoms with van der Waals surface area (Å²) in [6.45, 7) is 1.07. The van der Waals surface area contributed by atoms with E-state index < -0.39 is 5.51 Å². The molecule has 0 saturated carbocycles. The first-order valence-corrected chi connectivity index (χ1v) is 10.6. The Morgan fingerprint density at radius 1 is 1.00 bits per heavy atom. The summed E-state index contributed by atoms with van der Waals surface area (Å²) < 4.78 is 37.1. The molecule has 2 N–H and O–H groups in total. The Bertz CT molecular complexity index is 910. The number of thioether (sulfide) groups is 1. The van der Waals surface area contributed by atoms with E-state index in [9.17, 15) is 22.8 Å². The molecule has 1 heterocycles. The number of amides is 3. The number of nitrogens with zero attached hydrogens (tertiary/aromatic N) is 1. The van der Waals surface area contributed by atoms with Gasteiger partial charge in [-0.2, -0.15) is 13.2 Å².